The highest BCUT2D eigenvalue weighted by atomic mass is 19.1. The number of ether oxygens (including phenoxy) is 1. The molecule has 0 saturated heterocycles. The number of fused-ring (bicyclic) bond motifs is 1. The van der Waals surface area contributed by atoms with Crippen LogP contribution in [0, 0.1) is 17.7 Å². The molecule has 0 radical (unpaired) electrons. The highest BCUT2D eigenvalue weighted by Crippen LogP contribution is 2.32. The number of halogens is 1. The summed E-state index contributed by atoms with van der Waals surface area (Å²) in [6.07, 6.45) is 3.28. The van der Waals surface area contributed by atoms with E-state index in [1.165, 1.54) is 12.5 Å². The van der Waals surface area contributed by atoms with Crippen molar-refractivity contribution >= 4 is 0 Å². The molecule has 0 fully saturated rings. The van der Waals surface area contributed by atoms with Gasteiger partial charge in [0, 0.05) is 12.0 Å². The van der Waals surface area contributed by atoms with Crippen molar-refractivity contribution in [2.75, 3.05) is 13.6 Å². The molecule has 2 rings (SSSR count). The second-order valence-corrected chi connectivity index (χ2v) is 5.98. The molecule has 0 aliphatic carbocycles. The third-order valence-corrected chi connectivity index (χ3v) is 3.66. The van der Waals surface area contributed by atoms with Gasteiger partial charge in [-0.1, -0.05) is 13.8 Å². The Labute approximate surface area is 115 Å². The van der Waals surface area contributed by atoms with Gasteiger partial charge in [0.2, 0.25) is 0 Å². The van der Waals surface area contributed by atoms with Crippen LogP contribution in [0.15, 0.2) is 18.2 Å². The summed E-state index contributed by atoms with van der Waals surface area (Å²) in [5.41, 5.74) is 1.01. The highest BCUT2D eigenvalue weighted by molar-refractivity contribution is 5.37. The van der Waals surface area contributed by atoms with Gasteiger partial charge in [0.15, 0.2) is 0 Å². The molecule has 2 unspecified atom stereocenters. The van der Waals surface area contributed by atoms with Crippen molar-refractivity contribution in [1.29, 1.82) is 0 Å². The van der Waals surface area contributed by atoms with Crippen LogP contribution in [0.4, 0.5) is 4.39 Å². The first-order valence-corrected chi connectivity index (χ1v) is 7.18. The third kappa shape index (κ3) is 3.93. The quantitative estimate of drug-likeness (QED) is 0.851. The molecular weight excluding hydrogens is 241 g/mol. The van der Waals surface area contributed by atoms with Crippen LogP contribution < -0.4 is 10.1 Å². The van der Waals surface area contributed by atoms with E-state index in [9.17, 15) is 4.39 Å². The first kappa shape index (κ1) is 14.3. The molecule has 1 N–H and O–H groups in total. The molecule has 0 bridgehead atoms. The van der Waals surface area contributed by atoms with E-state index in [0.29, 0.717) is 11.8 Å². The zero-order valence-corrected chi connectivity index (χ0v) is 12.1. The van der Waals surface area contributed by atoms with Crippen LogP contribution in [-0.4, -0.2) is 19.7 Å². The molecule has 1 aromatic carbocycles. The second kappa shape index (κ2) is 6.38. The Morgan fingerprint density at radius 3 is 2.89 bits per heavy atom. The zero-order chi connectivity index (χ0) is 13.8. The van der Waals surface area contributed by atoms with E-state index in [-0.39, 0.29) is 11.9 Å². The van der Waals surface area contributed by atoms with Gasteiger partial charge in [0.25, 0.3) is 0 Å². The molecule has 1 heterocycles. The van der Waals surface area contributed by atoms with Gasteiger partial charge < -0.3 is 10.1 Å². The van der Waals surface area contributed by atoms with Gasteiger partial charge in [-0.2, -0.15) is 0 Å². The number of nitrogens with one attached hydrogen (secondary N) is 1. The van der Waals surface area contributed by atoms with Crippen molar-refractivity contribution in [3.05, 3.63) is 29.6 Å². The van der Waals surface area contributed by atoms with Crippen molar-refractivity contribution in [2.45, 2.75) is 39.2 Å². The fraction of sp³-hybridized carbons (Fsp3) is 0.625. The lowest BCUT2D eigenvalue weighted by molar-refractivity contribution is 0.183. The Kier molecular flexibility index (Phi) is 4.81. The van der Waals surface area contributed by atoms with Crippen LogP contribution in [0.1, 0.15) is 32.3 Å². The highest BCUT2D eigenvalue weighted by Gasteiger charge is 2.26. The average molecular weight is 265 g/mol. The van der Waals surface area contributed by atoms with E-state index in [4.69, 9.17) is 4.74 Å². The minimum atomic E-state index is -0.169. The van der Waals surface area contributed by atoms with Crippen LogP contribution in [0.5, 0.6) is 5.75 Å². The maximum atomic E-state index is 13.2. The minimum absolute atomic E-state index is 0.169. The monoisotopic (exact) mass is 265 g/mol. The van der Waals surface area contributed by atoms with E-state index in [0.717, 1.165) is 30.7 Å². The number of hydrogen-bond donors (Lipinski definition) is 1. The zero-order valence-electron chi connectivity index (χ0n) is 12.1. The lowest BCUT2D eigenvalue weighted by Crippen LogP contribution is -2.26. The van der Waals surface area contributed by atoms with E-state index in [1.54, 1.807) is 12.1 Å². The van der Waals surface area contributed by atoms with Crippen LogP contribution in [0.25, 0.3) is 0 Å². The normalized spacial score (nSPS) is 19.3. The molecule has 0 spiro atoms. The van der Waals surface area contributed by atoms with E-state index in [2.05, 4.69) is 19.2 Å². The number of benzene rings is 1. The second-order valence-electron chi connectivity index (χ2n) is 5.98. The standard InChI is InChI=1S/C16H24FNO/c1-11(2)6-12(10-18-3)7-15-9-13-8-14(17)4-5-16(13)19-15/h4-5,8,11-12,15,18H,6-7,9-10H2,1-3H3. The molecule has 1 aliphatic heterocycles. The summed E-state index contributed by atoms with van der Waals surface area (Å²) in [6, 6.07) is 4.82. The first-order chi connectivity index (χ1) is 9.08. The van der Waals surface area contributed by atoms with Gasteiger partial charge >= 0.3 is 0 Å². The molecule has 3 heteroatoms. The fourth-order valence-corrected chi connectivity index (χ4v) is 3.01. The van der Waals surface area contributed by atoms with Gasteiger partial charge in [-0.25, -0.2) is 4.39 Å². The summed E-state index contributed by atoms with van der Waals surface area (Å²) >= 11 is 0. The molecule has 1 aliphatic rings. The van der Waals surface area contributed by atoms with Crippen LogP contribution in [0.2, 0.25) is 0 Å². The summed E-state index contributed by atoms with van der Waals surface area (Å²) in [4.78, 5) is 0. The smallest absolute Gasteiger partial charge is 0.123 e. The van der Waals surface area contributed by atoms with Gasteiger partial charge in [-0.15, -0.1) is 0 Å². The van der Waals surface area contributed by atoms with Gasteiger partial charge in [-0.05, 0) is 56.5 Å². The van der Waals surface area contributed by atoms with Crippen molar-refractivity contribution in [3.8, 4) is 5.75 Å². The molecule has 106 valence electrons. The third-order valence-electron chi connectivity index (χ3n) is 3.66. The number of rotatable bonds is 6. The Morgan fingerprint density at radius 2 is 2.21 bits per heavy atom. The molecule has 0 amide bonds. The fourth-order valence-electron chi connectivity index (χ4n) is 3.01. The van der Waals surface area contributed by atoms with Crippen molar-refractivity contribution in [3.63, 3.8) is 0 Å². The molecule has 2 atom stereocenters. The Hall–Kier alpha value is -1.09. The van der Waals surface area contributed by atoms with Crippen LogP contribution in [0.3, 0.4) is 0 Å². The van der Waals surface area contributed by atoms with Gasteiger partial charge in [-0.3, -0.25) is 0 Å². The largest absolute Gasteiger partial charge is 0.490 e. The Balaban J connectivity index is 1.94. The van der Waals surface area contributed by atoms with Crippen molar-refractivity contribution in [1.82, 2.24) is 5.32 Å². The molecule has 2 nitrogen and oxygen atoms in total. The molecule has 1 aromatic rings. The van der Waals surface area contributed by atoms with E-state index < -0.39 is 0 Å². The maximum Gasteiger partial charge on any atom is 0.123 e. The van der Waals surface area contributed by atoms with Crippen LogP contribution in [-0.2, 0) is 6.42 Å². The summed E-state index contributed by atoms with van der Waals surface area (Å²) in [5, 5.41) is 3.26. The first-order valence-electron chi connectivity index (χ1n) is 7.18. The average Bonchev–Trinajstić information content (AvgIpc) is 2.69. The van der Waals surface area contributed by atoms with Gasteiger partial charge in [0.1, 0.15) is 17.7 Å². The molecule has 0 saturated carbocycles. The Bertz CT molecular complexity index is 419. The van der Waals surface area contributed by atoms with Crippen molar-refractivity contribution < 1.29 is 9.13 Å². The molecule has 0 aromatic heterocycles. The summed E-state index contributed by atoms with van der Waals surface area (Å²) in [7, 11) is 1.99. The summed E-state index contributed by atoms with van der Waals surface area (Å²) in [5.74, 6) is 2.00. The Morgan fingerprint density at radius 1 is 1.42 bits per heavy atom. The van der Waals surface area contributed by atoms with Crippen LogP contribution >= 0.6 is 0 Å². The minimum Gasteiger partial charge on any atom is -0.490 e. The topological polar surface area (TPSA) is 21.3 Å². The number of hydrogen-bond acceptors (Lipinski definition) is 2. The van der Waals surface area contributed by atoms with Crippen molar-refractivity contribution in [2.24, 2.45) is 11.8 Å². The van der Waals surface area contributed by atoms with E-state index in [1.807, 2.05) is 7.05 Å². The maximum absolute atomic E-state index is 13.2. The SMILES string of the molecule is CNCC(CC(C)C)CC1Cc2cc(F)ccc2O1. The summed E-state index contributed by atoms with van der Waals surface area (Å²) < 4.78 is 19.1. The molecule has 19 heavy (non-hydrogen) atoms. The predicted molar refractivity (Wildman–Crippen MR) is 76.0 cm³/mol. The lowest BCUT2D eigenvalue weighted by Gasteiger charge is -2.22. The predicted octanol–water partition coefficient (Wildman–Crippen LogP) is 3.40. The van der Waals surface area contributed by atoms with Gasteiger partial charge in [0.05, 0.1) is 0 Å². The summed E-state index contributed by atoms with van der Waals surface area (Å²) in [6.45, 7) is 5.52. The van der Waals surface area contributed by atoms with E-state index >= 15 is 0 Å². The molecular formula is C16H24FNO. The lowest BCUT2D eigenvalue weighted by atomic mass is 9.90.